The van der Waals surface area contributed by atoms with E-state index in [1.165, 1.54) is 88.9 Å². The average Bonchev–Trinajstić information content (AvgIpc) is 2.86. The Morgan fingerprint density at radius 3 is 1.58 bits per heavy atom. The number of unbranched alkanes of at least 4 members (excludes halogenated alkanes) is 10. The van der Waals surface area contributed by atoms with Gasteiger partial charge >= 0.3 is 0 Å². The minimum atomic E-state index is -1.45. The number of rotatable bonds is 24. The Morgan fingerprint density at radius 1 is 0.611 bits per heavy atom. The Hall–Kier alpha value is -1.14. The molecule has 6 heteroatoms. The zero-order valence-corrected chi connectivity index (χ0v) is 24.4. The maximum Gasteiger partial charge on any atom is 0.0724 e. The molecule has 0 aliphatic heterocycles. The van der Waals surface area contributed by atoms with Crippen LogP contribution in [-0.2, 0) is 12.8 Å². The topological polar surface area (TPSA) is 80.3 Å². The molecule has 0 spiro atoms. The first-order chi connectivity index (χ1) is 17.5. The Balaban J connectivity index is 2.53. The van der Waals surface area contributed by atoms with Crippen LogP contribution in [0.1, 0.15) is 136 Å². The lowest BCUT2D eigenvalue weighted by atomic mass is 9.91. The van der Waals surface area contributed by atoms with Gasteiger partial charge in [-0.15, -0.1) is 0 Å². The molecule has 0 bridgehead atoms. The van der Waals surface area contributed by atoms with E-state index in [1.807, 2.05) is 23.5 Å². The molecule has 4 nitrogen and oxygen atoms in total. The van der Waals surface area contributed by atoms with Crippen LogP contribution in [0.4, 0.5) is 0 Å². The highest BCUT2D eigenvalue weighted by molar-refractivity contribution is 7.99. The van der Waals surface area contributed by atoms with Gasteiger partial charge in [-0.3, -0.25) is 0 Å². The number of carboxylic acids is 2. The Morgan fingerprint density at radius 2 is 1.08 bits per heavy atom. The fourth-order valence-electron chi connectivity index (χ4n) is 4.50. The summed E-state index contributed by atoms with van der Waals surface area (Å²) in [5, 5.41) is 23.5. The van der Waals surface area contributed by atoms with E-state index in [1.54, 1.807) is 6.07 Å². The van der Waals surface area contributed by atoms with E-state index >= 15 is 0 Å². The molecule has 0 heterocycles. The predicted octanol–water partition coefficient (Wildman–Crippen LogP) is 6.47. The van der Waals surface area contributed by atoms with E-state index in [0.717, 1.165) is 42.1 Å². The molecule has 0 amide bonds. The van der Waals surface area contributed by atoms with Crippen LogP contribution in [-0.4, -0.2) is 35.0 Å². The van der Waals surface area contributed by atoms with E-state index in [9.17, 15) is 19.8 Å². The van der Waals surface area contributed by atoms with Crippen LogP contribution in [0.2, 0.25) is 0 Å². The van der Waals surface area contributed by atoms with Gasteiger partial charge in [-0.1, -0.05) is 90.2 Å². The molecule has 0 aromatic heterocycles. The monoisotopic (exact) mass is 536 g/mol. The molecular weight excluding hydrogens is 488 g/mol. The summed E-state index contributed by atoms with van der Waals surface area (Å²) < 4.78 is 0. The summed E-state index contributed by atoms with van der Waals surface area (Å²) in [5.74, 6) is 1.41. The number of carbonyl (C=O) groups excluding carboxylic acids is 2. The van der Waals surface area contributed by atoms with Crippen molar-refractivity contribution >= 4 is 35.5 Å². The smallest absolute Gasteiger partial charge is 0.0724 e. The highest BCUT2D eigenvalue weighted by atomic mass is 32.2. The first kappa shape index (κ1) is 32.9. The third-order valence-electron chi connectivity index (χ3n) is 6.57. The molecule has 0 saturated heterocycles. The van der Waals surface area contributed by atoms with Crippen molar-refractivity contribution in [2.24, 2.45) is 0 Å². The number of aromatic carboxylic acids is 2. The van der Waals surface area contributed by atoms with Gasteiger partial charge in [0.25, 0.3) is 0 Å². The molecule has 0 fully saturated rings. The molecule has 0 radical (unpaired) electrons. The minimum absolute atomic E-state index is 0.173. The molecule has 1 rings (SSSR count). The van der Waals surface area contributed by atoms with Crippen LogP contribution in [0.15, 0.2) is 12.1 Å². The van der Waals surface area contributed by atoms with Crippen LogP contribution >= 0.6 is 23.5 Å². The lowest BCUT2D eigenvalue weighted by Gasteiger charge is -2.20. The van der Waals surface area contributed by atoms with Crippen LogP contribution < -0.4 is 10.2 Å². The number of carboxylic acid groups (broad SMARTS) is 2. The fourth-order valence-corrected chi connectivity index (χ4v) is 6.42. The molecule has 0 unspecified atom stereocenters. The Labute approximate surface area is 228 Å². The molecule has 0 aliphatic rings. The first-order valence-electron chi connectivity index (χ1n) is 14.3. The third-order valence-corrected chi connectivity index (χ3v) is 8.88. The first-order valence-corrected chi connectivity index (χ1v) is 16.6. The second-order valence-corrected chi connectivity index (χ2v) is 12.1. The number of thioether (sulfide) groups is 2. The van der Waals surface area contributed by atoms with Gasteiger partial charge in [0.05, 0.1) is 11.9 Å². The molecule has 36 heavy (non-hydrogen) atoms. The molecule has 0 saturated carbocycles. The van der Waals surface area contributed by atoms with Crippen molar-refractivity contribution in [3.63, 3.8) is 0 Å². The van der Waals surface area contributed by atoms with E-state index in [0.29, 0.717) is 12.0 Å². The van der Waals surface area contributed by atoms with Crippen LogP contribution in [0, 0.1) is 0 Å². The van der Waals surface area contributed by atoms with Crippen LogP contribution in [0.25, 0.3) is 0 Å². The van der Waals surface area contributed by atoms with Gasteiger partial charge in [0, 0.05) is 11.1 Å². The maximum absolute atomic E-state index is 11.9. The normalized spacial score (nSPS) is 11.2. The van der Waals surface area contributed by atoms with Gasteiger partial charge < -0.3 is 19.8 Å². The second kappa shape index (κ2) is 21.9. The summed E-state index contributed by atoms with van der Waals surface area (Å²) in [6.45, 7) is 4.46. The molecule has 0 aliphatic carbocycles. The van der Waals surface area contributed by atoms with E-state index in [2.05, 4.69) is 13.8 Å². The molecular formula is C30H48O4S2-2. The van der Waals surface area contributed by atoms with Gasteiger partial charge in [0.1, 0.15) is 0 Å². The van der Waals surface area contributed by atoms with Crippen molar-refractivity contribution in [1.82, 2.24) is 0 Å². The van der Waals surface area contributed by atoms with Crippen molar-refractivity contribution < 1.29 is 19.8 Å². The van der Waals surface area contributed by atoms with Crippen LogP contribution in [0.5, 0.6) is 0 Å². The van der Waals surface area contributed by atoms with E-state index in [4.69, 9.17) is 0 Å². The summed E-state index contributed by atoms with van der Waals surface area (Å²) in [6.07, 6.45) is 18.6. The largest absolute Gasteiger partial charge is 0.545 e. The number of benzene rings is 1. The number of carbonyl (C=O) groups is 2. The van der Waals surface area contributed by atoms with Gasteiger partial charge in [0.15, 0.2) is 0 Å². The Kier molecular flexibility index (Phi) is 20.0. The highest BCUT2D eigenvalue weighted by Gasteiger charge is 2.15. The number of hydrogen-bond acceptors (Lipinski definition) is 6. The summed E-state index contributed by atoms with van der Waals surface area (Å²) in [6, 6.07) is 3.17. The fraction of sp³-hybridized carbons (Fsp3) is 0.733. The minimum Gasteiger partial charge on any atom is -0.545 e. The molecule has 0 N–H and O–H groups in total. The zero-order valence-electron chi connectivity index (χ0n) is 22.7. The van der Waals surface area contributed by atoms with Crippen molar-refractivity contribution in [3.05, 3.63) is 34.4 Å². The summed E-state index contributed by atoms with van der Waals surface area (Å²) in [4.78, 5) is 23.5. The standard InChI is InChI=1S/C30H50O4S2/c1-3-5-7-9-11-13-21-35-23-15-17-25-19-20-27(29(31)32)28(30(33)34)26(25)18-16-24-36-22-14-12-10-8-6-4-2/h19-20H,3-18,21-24H2,1-2H3,(H,31,32)(H,33,34)/p-2. The zero-order chi connectivity index (χ0) is 26.4. The molecule has 0 atom stereocenters. The van der Waals surface area contributed by atoms with E-state index in [-0.39, 0.29) is 11.1 Å². The third kappa shape index (κ3) is 14.6. The van der Waals surface area contributed by atoms with Gasteiger partial charge in [-0.25, -0.2) is 0 Å². The quantitative estimate of drug-likeness (QED) is 0.141. The van der Waals surface area contributed by atoms with Gasteiger partial charge in [0.2, 0.25) is 0 Å². The average molecular weight is 537 g/mol. The van der Waals surface area contributed by atoms with E-state index < -0.39 is 11.9 Å². The predicted molar refractivity (Wildman–Crippen MR) is 153 cm³/mol. The lowest BCUT2D eigenvalue weighted by molar-refractivity contribution is -0.259. The van der Waals surface area contributed by atoms with Gasteiger partial charge in [-0.2, -0.15) is 23.5 Å². The number of hydrogen-bond donors (Lipinski definition) is 0. The number of aryl methyl sites for hydroxylation is 1. The second-order valence-electron chi connectivity index (χ2n) is 9.67. The summed E-state index contributed by atoms with van der Waals surface area (Å²) >= 11 is 3.87. The summed E-state index contributed by atoms with van der Waals surface area (Å²) in [5.41, 5.74) is 1.15. The van der Waals surface area contributed by atoms with Crippen molar-refractivity contribution in [3.8, 4) is 0 Å². The van der Waals surface area contributed by atoms with Crippen molar-refractivity contribution in [2.75, 3.05) is 23.0 Å². The summed E-state index contributed by atoms with van der Waals surface area (Å²) in [7, 11) is 0. The van der Waals surface area contributed by atoms with Gasteiger partial charge in [-0.05, 0) is 72.7 Å². The molecule has 1 aromatic rings. The Bertz CT molecular complexity index is 736. The maximum atomic E-state index is 11.9. The lowest BCUT2D eigenvalue weighted by Crippen LogP contribution is -2.31. The molecule has 206 valence electrons. The van der Waals surface area contributed by atoms with Crippen LogP contribution in [0.3, 0.4) is 0 Å². The van der Waals surface area contributed by atoms with Crippen molar-refractivity contribution in [2.45, 2.75) is 117 Å². The molecule has 1 aromatic carbocycles. The van der Waals surface area contributed by atoms with Crippen molar-refractivity contribution in [1.29, 1.82) is 0 Å². The highest BCUT2D eigenvalue weighted by Crippen LogP contribution is 2.24. The SMILES string of the molecule is CCCCCCCCSCCCc1ccc(C(=O)[O-])c(C(=O)[O-])c1CCCSCCCCCCCC.